The lowest BCUT2D eigenvalue weighted by atomic mass is 9.87. The Hall–Kier alpha value is -0.940. The molecule has 0 bridgehead atoms. The molecule has 0 aromatic carbocycles. The molecule has 0 radical (unpaired) electrons. The first-order chi connectivity index (χ1) is 6.39. The molecular formula is C8H12F3NO2. The fraction of sp³-hybridized carbons (Fsp3) is 0.875. The first-order valence-corrected chi connectivity index (χ1v) is 4.42. The van der Waals surface area contributed by atoms with Gasteiger partial charge in [-0.05, 0) is 25.7 Å². The monoisotopic (exact) mass is 211 g/mol. The number of rotatable bonds is 1. The number of hydrogen-bond acceptors (Lipinski definition) is 2. The van der Waals surface area contributed by atoms with Crippen LogP contribution >= 0.6 is 0 Å². The molecule has 1 aliphatic carbocycles. The minimum Gasteiger partial charge on any atom is -0.446 e. The lowest BCUT2D eigenvalue weighted by Gasteiger charge is -2.29. The summed E-state index contributed by atoms with van der Waals surface area (Å²) in [5, 5.41) is 0. The van der Waals surface area contributed by atoms with Gasteiger partial charge in [-0.15, -0.1) is 0 Å². The fourth-order valence-corrected chi connectivity index (χ4v) is 1.71. The predicted molar refractivity (Wildman–Crippen MR) is 42.5 cm³/mol. The summed E-state index contributed by atoms with van der Waals surface area (Å²) in [7, 11) is 0. The molecule has 1 aliphatic rings. The second kappa shape index (κ2) is 4.06. The van der Waals surface area contributed by atoms with Gasteiger partial charge in [0.2, 0.25) is 0 Å². The Kier molecular flexibility index (Phi) is 3.23. The summed E-state index contributed by atoms with van der Waals surface area (Å²) >= 11 is 0. The third-order valence-corrected chi connectivity index (χ3v) is 2.37. The number of halogens is 3. The Morgan fingerprint density at radius 1 is 1.36 bits per heavy atom. The molecule has 82 valence electrons. The molecule has 14 heavy (non-hydrogen) atoms. The first kappa shape index (κ1) is 11.1. The highest BCUT2D eigenvalue weighted by molar-refractivity contribution is 5.64. The van der Waals surface area contributed by atoms with E-state index in [0.717, 1.165) is 0 Å². The van der Waals surface area contributed by atoms with Gasteiger partial charge < -0.3 is 10.5 Å². The third-order valence-electron chi connectivity index (χ3n) is 2.37. The highest BCUT2D eigenvalue weighted by Gasteiger charge is 2.42. The minimum absolute atomic E-state index is 0.113. The average Bonchev–Trinajstić information content (AvgIpc) is 2.01. The fourth-order valence-electron chi connectivity index (χ4n) is 1.71. The van der Waals surface area contributed by atoms with Crippen LogP contribution in [0.4, 0.5) is 18.0 Å². The molecule has 1 rings (SSSR count). The molecule has 2 atom stereocenters. The van der Waals surface area contributed by atoms with Gasteiger partial charge in [0.25, 0.3) is 0 Å². The van der Waals surface area contributed by atoms with E-state index in [1.807, 2.05) is 0 Å². The second-order valence-corrected chi connectivity index (χ2v) is 3.46. The van der Waals surface area contributed by atoms with Crippen molar-refractivity contribution in [2.45, 2.75) is 38.0 Å². The maximum atomic E-state index is 12.3. The Bertz CT molecular complexity index is 217. The number of carbonyl (C=O) groups is 1. The molecular weight excluding hydrogens is 199 g/mol. The summed E-state index contributed by atoms with van der Waals surface area (Å²) in [6, 6.07) is 0. The quantitative estimate of drug-likeness (QED) is 0.722. The van der Waals surface area contributed by atoms with Crippen molar-refractivity contribution in [2.75, 3.05) is 0 Å². The molecule has 1 amide bonds. The molecule has 3 nitrogen and oxygen atoms in total. The van der Waals surface area contributed by atoms with Crippen molar-refractivity contribution in [1.82, 2.24) is 0 Å². The van der Waals surface area contributed by atoms with E-state index in [-0.39, 0.29) is 12.8 Å². The minimum atomic E-state index is -4.19. The van der Waals surface area contributed by atoms with Crippen LogP contribution in [0, 0.1) is 5.92 Å². The van der Waals surface area contributed by atoms with Crippen LogP contribution in [-0.4, -0.2) is 18.4 Å². The van der Waals surface area contributed by atoms with E-state index in [2.05, 4.69) is 4.74 Å². The van der Waals surface area contributed by atoms with Crippen LogP contribution in [-0.2, 0) is 4.74 Å². The highest BCUT2D eigenvalue weighted by atomic mass is 19.4. The van der Waals surface area contributed by atoms with E-state index >= 15 is 0 Å². The zero-order chi connectivity index (χ0) is 10.8. The smallest absolute Gasteiger partial charge is 0.404 e. The Balaban J connectivity index is 2.48. The van der Waals surface area contributed by atoms with Crippen molar-refractivity contribution < 1.29 is 22.7 Å². The molecule has 0 heterocycles. The number of carbonyl (C=O) groups excluding carboxylic acids is 1. The zero-order valence-electron chi connectivity index (χ0n) is 7.51. The van der Waals surface area contributed by atoms with Crippen molar-refractivity contribution in [3.05, 3.63) is 0 Å². The zero-order valence-corrected chi connectivity index (χ0v) is 7.51. The normalized spacial score (nSPS) is 28.5. The van der Waals surface area contributed by atoms with Gasteiger partial charge in [-0.3, -0.25) is 0 Å². The van der Waals surface area contributed by atoms with E-state index in [1.54, 1.807) is 0 Å². The number of nitrogens with two attached hydrogens (primary N) is 1. The number of primary amides is 1. The van der Waals surface area contributed by atoms with E-state index in [1.165, 1.54) is 0 Å². The van der Waals surface area contributed by atoms with Crippen molar-refractivity contribution >= 4 is 6.09 Å². The van der Waals surface area contributed by atoms with Gasteiger partial charge in [-0.1, -0.05) is 0 Å². The second-order valence-electron chi connectivity index (χ2n) is 3.46. The SMILES string of the molecule is NC(=O)O[C@H]1CCC[C@@H](C(F)(F)F)C1. The van der Waals surface area contributed by atoms with Crippen LogP contribution < -0.4 is 5.73 Å². The van der Waals surface area contributed by atoms with Gasteiger partial charge >= 0.3 is 12.3 Å². The first-order valence-electron chi connectivity index (χ1n) is 4.42. The lowest BCUT2D eigenvalue weighted by molar-refractivity contribution is -0.189. The average molecular weight is 211 g/mol. The summed E-state index contributed by atoms with van der Waals surface area (Å²) in [4.78, 5) is 10.3. The maximum Gasteiger partial charge on any atom is 0.404 e. The van der Waals surface area contributed by atoms with Crippen LogP contribution in [0.1, 0.15) is 25.7 Å². The van der Waals surface area contributed by atoms with Crippen molar-refractivity contribution in [3.8, 4) is 0 Å². The Morgan fingerprint density at radius 2 is 2.00 bits per heavy atom. The van der Waals surface area contributed by atoms with Crippen LogP contribution in [0.2, 0.25) is 0 Å². The summed E-state index contributed by atoms with van der Waals surface area (Å²) in [5.41, 5.74) is 4.74. The standard InChI is InChI=1S/C8H12F3NO2/c9-8(10,11)5-2-1-3-6(4-5)14-7(12)13/h5-6H,1-4H2,(H2,12,13)/t5-,6+/m1/s1. The lowest BCUT2D eigenvalue weighted by Crippen LogP contribution is -2.34. The number of alkyl halides is 3. The molecule has 0 spiro atoms. The highest BCUT2D eigenvalue weighted by Crippen LogP contribution is 2.38. The van der Waals surface area contributed by atoms with E-state index in [9.17, 15) is 18.0 Å². The van der Waals surface area contributed by atoms with E-state index < -0.39 is 24.3 Å². The number of ether oxygens (including phenoxy) is 1. The topological polar surface area (TPSA) is 52.3 Å². The van der Waals surface area contributed by atoms with Crippen molar-refractivity contribution in [2.24, 2.45) is 11.7 Å². The Labute approximate surface area is 79.4 Å². The van der Waals surface area contributed by atoms with Crippen LogP contribution in [0.3, 0.4) is 0 Å². The summed E-state index contributed by atoms with van der Waals surface area (Å²) in [5.74, 6) is -1.36. The molecule has 0 aromatic rings. The van der Waals surface area contributed by atoms with Crippen LogP contribution in [0.5, 0.6) is 0 Å². The number of amides is 1. The summed E-state index contributed by atoms with van der Waals surface area (Å²) < 4.78 is 41.4. The van der Waals surface area contributed by atoms with Gasteiger partial charge in [0.05, 0.1) is 5.92 Å². The van der Waals surface area contributed by atoms with E-state index in [4.69, 9.17) is 5.73 Å². The maximum absolute atomic E-state index is 12.3. The molecule has 0 saturated heterocycles. The van der Waals surface area contributed by atoms with Crippen LogP contribution in [0.25, 0.3) is 0 Å². The third kappa shape index (κ3) is 3.08. The molecule has 0 aromatic heterocycles. The van der Waals surface area contributed by atoms with Gasteiger partial charge in [0.1, 0.15) is 6.10 Å². The summed E-state index contributed by atoms with van der Waals surface area (Å²) in [6.45, 7) is 0. The molecule has 0 unspecified atom stereocenters. The molecule has 1 saturated carbocycles. The number of hydrogen-bond donors (Lipinski definition) is 1. The largest absolute Gasteiger partial charge is 0.446 e. The van der Waals surface area contributed by atoms with Gasteiger partial charge in [-0.2, -0.15) is 13.2 Å². The van der Waals surface area contributed by atoms with E-state index in [0.29, 0.717) is 12.8 Å². The van der Waals surface area contributed by atoms with Gasteiger partial charge in [-0.25, -0.2) is 4.79 Å². The van der Waals surface area contributed by atoms with Gasteiger partial charge in [0.15, 0.2) is 0 Å². The molecule has 1 fully saturated rings. The van der Waals surface area contributed by atoms with Crippen LogP contribution in [0.15, 0.2) is 0 Å². The van der Waals surface area contributed by atoms with Crippen molar-refractivity contribution in [3.63, 3.8) is 0 Å². The van der Waals surface area contributed by atoms with Gasteiger partial charge in [0, 0.05) is 0 Å². The molecule has 0 aliphatic heterocycles. The van der Waals surface area contributed by atoms with Crippen molar-refractivity contribution in [1.29, 1.82) is 0 Å². The Morgan fingerprint density at radius 3 is 2.50 bits per heavy atom. The molecule has 2 N–H and O–H groups in total. The predicted octanol–water partition coefficient (Wildman–Crippen LogP) is 2.20. The molecule has 6 heteroatoms. The summed E-state index contributed by atoms with van der Waals surface area (Å²) in [6.07, 6.45) is -5.03.